The van der Waals surface area contributed by atoms with Crippen molar-refractivity contribution in [3.05, 3.63) is 35.4 Å². The standard InChI is InChI=1S/C21H32N2O2/c1-15(2)18-7-5-16(6-8-18)9-10-22-19-11-20(12-19)23(14-21(24)25)13-17-3-4-17/h5-8,15,17,19-20,22H,3-4,9-14H2,1-2H3,(H,24,25). The molecule has 4 heteroatoms. The van der Waals surface area contributed by atoms with E-state index in [2.05, 4.69) is 48.3 Å². The van der Waals surface area contributed by atoms with E-state index in [4.69, 9.17) is 5.11 Å². The summed E-state index contributed by atoms with van der Waals surface area (Å²) >= 11 is 0. The fourth-order valence-electron chi connectivity index (χ4n) is 3.69. The van der Waals surface area contributed by atoms with Gasteiger partial charge in [0.2, 0.25) is 0 Å². The van der Waals surface area contributed by atoms with Gasteiger partial charge in [0, 0.05) is 18.6 Å². The smallest absolute Gasteiger partial charge is 0.317 e. The van der Waals surface area contributed by atoms with Gasteiger partial charge in [-0.2, -0.15) is 0 Å². The van der Waals surface area contributed by atoms with Crippen LogP contribution >= 0.6 is 0 Å². The second-order valence-corrected chi connectivity index (χ2v) is 8.19. The van der Waals surface area contributed by atoms with Crippen LogP contribution in [0.25, 0.3) is 0 Å². The highest BCUT2D eigenvalue weighted by Gasteiger charge is 2.36. The summed E-state index contributed by atoms with van der Waals surface area (Å²) in [6.07, 6.45) is 5.79. The lowest BCUT2D eigenvalue weighted by Gasteiger charge is -2.43. The number of nitrogens with one attached hydrogen (secondary N) is 1. The van der Waals surface area contributed by atoms with Crippen molar-refractivity contribution >= 4 is 5.97 Å². The molecule has 2 saturated carbocycles. The van der Waals surface area contributed by atoms with Gasteiger partial charge >= 0.3 is 5.97 Å². The van der Waals surface area contributed by atoms with E-state index < -0.39 is 5.97 Å². The molecule has 3 rings (SSSR count). The minimum Gasteiger partial charge on any atom is -0.480 e. The molecule has 25 heavy (non-hydrogen) atoms. The van der Waals surface area contributed by atoms with Crippen molar-refractivity contribution in [3.63, 3.8) is 0 Å². The summed E-state index contributed by atoms with van der Waals surface area (Å²) in [6.45, 7) is 6.63. The van der Waals surface area contributed by atoms with Gasteiger partial charge in [-0.1, -0.05) is 38.1 Å². The van der Waals surface area contributed by atoms with Gasteiger partial charge in [-0.05, 0) is 61.6 Å². The third-order valence-electron chi connectivity index (χ3n) is 5.65. The zero-order chi connectivity index (χ0) is 17.8. The predicted octanol–water partition coefficient (Wildman–Crippen LogP) is 3.27. The van der Waals surface area contributed by atoms with Crippen LogP contribution in [0.3, 0.4) is 0 Å². The van der Waals surface area contributed by atoms with Crippen molar-refractivity contribution in [1.29, 1.82) is 0 Å². The molecule has 0 spiro atoms. The van der Waals surface area contributed by atoms with Crippen LogP contribution in [0.1, 0.15) is 56.6 Å². The van der Waals surface area contributed by atoms with Crippen molar-refractivity contribution in [2.75, 3.05) is 19.6 Å². The summed E-state index contributed by atoms with van der Waals surface area (Å²) in [5.41, 5.74) is 2.78. The molecule has 1 aromatic rings. The molecule has 0 aromatic heterocycles. The minimum absolute atomic E-state index is 0.204. The molecule has 1 aromatic carbocycles. The number of carboxylic acids is 1. The van der Waals surface area contributed by atoms with Crippen LogP contribution in [0.2, 0.25) is 0 Å². The van der Waals surface area contributed by atoms with Crippen LogP contribution < -0.4 is 5.32 Å². The second kappa shape index (κ2) is 8.33. The van der Waals surface area contributed by atoms with Gasteiger partial charge in [0.05, 0.1) is 6.54 Å². The Morgan fingerprint density at radius 1 is 1.24 bits per heavy atom. The molecule has 0 unspecified atom stereocenters. The molecular weight excluding hydrogens is 312 g/mol. The molecule has 4 nitrogen and oxygen atoms in total. The number of rotatable bonds is 10. The third kappa shape index (κ3) is 5.55. The molecule has 0 bridgehead atoms. The quantitative estimate of drug-likeness (QED) is 0.684. The van der Waals surface area contributed by atoms with Crippen molar-refractivity contribution in [2.24, 2.45) is 5.92 Å². The van der Waals surface area contributed by atoms with Gasteiger partial charge in [0.15, 0.2) is 0 Å². The molecule has 2 aliphatic rings. The third-order valence-corrected chi connectivity index (χ3v) is 5.65. The van der Waals surface area contributed by atoms with E-state index in [1.54, 1.807) is 0 Å². The molecule has 2 aliphatic carbocycles. The average Bonchev–Trinajstić information content (AvgIpc) is 3.33. The van der Waals surface area contributed by atoms with E-state index in [0.717, 1.165) is 38.3 Å². The SMILES string of the molecule is CC(C)c1ccc(CCNC2CC(N(CC(=O)O)CC3CC3)C2)cc1. The topological polar surface area (TPSA) is 52.6 Å². The lowest BCUT2D eigenvalue weighted by Crippen LogP contribution is -2.54. The van der Waals surface area contributed by atoms with Crippen LogP contribution in [-0.2, 0) is 11.2 Å². The Hall–Kier alpha value is -1.39. The maximum absolute atomic E-state index is 11.1. The van der Waals surface area contributed by atoms with Gasteiger partial charge in [-0.25, -0.2) is 0 Å². The highest BCUT2D eigenvalue weighted by Crippen LogP contribution is 2.33. The first kappa shape index (κ1) is 18.4. The van der Waals surface area contributed by atoms with Crippen LogP contribution in [0.15, 0.2) is 24.3 Å². The summed E-state index contributed by atoms with van der Waals surface area (Å²) in [5, 5.41) is 12.8. The van der Waals surface area contributed by atoms with E-state index in [0.29, 0.717) is 18.0 Å². The van der Waals surface area contributed by atoms with E-state index >= 15 is 0 Å². The summed E-state index contributed by atoms with van der Waals surface area (Å²) in [7, 11) is 0. The first-order chi connectivity index (χ1) is 12.0. The van der Waals surface area contributed by atoms with Crippen molar-refractivity contribution in [2.45, 2.75) is 64.0 Å². The van der Waals surface area contributed by atoms with Crippen LogP contribution in [0, 0.1) is 5.92 Å². The molecule has 0 radical (unpaired) electrons. The normalized spacial score (nSPS) is 23.0. The lowest BCUT2D eigenvalue weighted by atomic mass is 9.85. The van der Waals surface area contributed by atoms with E-state index in [1.165, 1.54) is 24.0 Å². The lowest BCUT2D eigenvalue weighted by molar-refractivity contribution is -0.139. The van der Waals surface area contributed by atoms with E-state index in [1.807, 2.05) is 0 Å². The number of benzene rings is 1. The average molecular weight is 344 g/mol. The number of hydrogen-bond acceptors (Lipinski definition) is 3. The minimum atomic E-state index is -0.693. The van der Waals surface area contributed by atoms with Crippen LogP contribution in [-0.4, -0.2) is 47.7 Å². The first-order valence-corrected chi connectivity index (χ1v) is 9.79. The molecule has 0 heterocycles. The van der Waals surface area contributed by atoms with Crippen molar-refractivity contribution < 1.29 is 9.90 Å². The largest absolute Gasteiger partial charge is 0.480 e. The number of carbonyl (C=O) groups is 1. The summed E-state index contributed by atoms with van der Waals surface area (Å²) < 4.78 is 0. The zero-order valence-electron chi connectivity index (χ0n) is 15.6. The zero-order valence-corrected chi connectivity index (χ0v) is 15.6. The summed E-state index contributed by atoms with van der Waals surface area (Å²) in [4.78, 5) is 13.3. The maximum atomic E-state index is 11.1. The maximum Gasteiger partial charge on any atom is 0.317 e. The Morgan fingerprint density at radius 2 is 1.92 bits per heavy atom. The van der Waals surface area contributed by atoms with Gasteiger partial charge in [0.25, 0.3) is 0 Å². The highest BCUT2D eigenvalue weighted by atomic mass is 16.4. The fraction of sp³-hybridized carbons (Fsp3) is 0.667. The summed E-state index contributed by atoms with van der Waals surface area (Å²) in [5.74, 6) is 0.644. The van der Waals surface area contributed by atoms with Crippen molar-refractivity contribution in [1.82, 2.24) is 10.2 Å². The van der Waals surface area contributed by atoms with Gasteiger partial charge in [0.1, 0.15) is 0 Å². The van der Waals surface area contributed by atoms with E-state index in [-0.39, 0.29) is 6.54 Å². The molecule has 0 atom stereocenters. The monoisotopic (exact) mass is 344 g/mol. The molecule has 0 saturated heterocycles. The highest BCUT2D eigenvalue weighted by molar-refractivity contribution is 5.69. The Balaban J connectivity index is 1.35. The Labute approximate surface area is 151 Å². The Morgan fingerprint density at radius 3 is 2.48 bits per heavy atom. The van der Waals surface area contributed by atoms with Gasteiger partial charge in [-0.3, -0.25) is 9.69 Å². The summed E-state index contributed by atoms with van der Waals surface area (Å²) in [6, 6.07) is 9.97. The Kier molecular flexibility index (Phi) is 6.13. The number of hydrogen-bond donors (Lipinski definition) is 2. The van der Waals surface area contributed by atoms with E-state index in [9.17, 15) is 4.79 Å². The van der Waals surface area contributed by atoms with Crippen LogP contribution in [0.5, 0.6) is 0 Å². The molecule has 2 fully saturated rings. The van der Waals surface area contributed by atoms with Crippen LogP contribution in [0.4, 0.5) is 0 Å². The van der Waals surface area contributed by atoms with Gasteiger partial charge < -0.3 is 10.4 Å². The predicted molar refractivity (Wildman–Crippen MR) is 101 cm³/mol. The van der Waals surface area contributed by atoms with Gasteiger partial charge in [-0.15, -0.1) is 0 Å². The molecule has 0 aliphatic heterocycles. The molecule has 0 amide bonds. The molecule has 138 valence electrons. The molecule has 2 N–H and O–H groups in total. The Bertz CT molecular complexity index is 560. The fourth-order valence-corrected chi connectivity index (χ4v) is 3.69. The number of carboxylic acid groups (broad SMARTS) is 1. The van der Waals surface area contributed by atoms with Crippen molar-refractivity contribution in [3.8, 4) is 0 Å². The number of aliphatic carboxylic acids is 1. The second-order valence-electron chi connectivity index (χ2n) is 8.19. The first-order valence-electron chi connectivity index (χ1n) is 9.79. The number of nitrogens with zero attached hydrogens (tertiary/aromatic N) is 1. The molecular formula is C21H32N2O2.